The van der Waals surface area contributed by atoms with Gasteiger partial charge >= 0.3 is 12.3 Å². The van der Waals surface area contributed by atoms with E-state index < -0.39 is 86.1 Å². The molecule has 2 aromatic rings. The summed E-state index contributed by atoms with van der Waals surface area (Å²) in [5.74, 6) is -1.26. The van der Waals surface area contributed by atoms with E-state index in [0.717, 1.165) is 31.1 Å². The summed E-state index contributed by atoms with van der Waals surface area (Å²) in [5.41, 5.74) is -0.964. The maximum Gasteiger partial charge on any atom is 0.408 e. The van der Waals surface area contributed by atoms with Crippen LogP contribution in [-0.2, 0) is 35.6 Å². The van der Waals surface area contributed by atoms with Crippen molar-refractivity contribution in [2.24, 2.45) is 22.7 Å². The number of hydrogen-bond acceptors (Lipinski definition) is 11. The third-order valence-corrected chi connectivity index (χ3v) is 16.7. The molecule has 3 amide bonds. The van der Waals surface area contributed by atoms with Gasteiger partial charge in [0.25, 0.3) is 0 Å². The monoisotopic (exact) mass is 929 g/mol. The normalized spacial score (nSPS) is 30.0. The number of amides is 3. The molecule has 3 aliphatic carbocycles. The number of benzene rings is 1. The number of nitrogens with one attached hydrogen (secondary N) is 2. The van der Waals surface area contributed by atoms with Crippen molar-refractivity contribution in [3.8, 4) is 11.6 Å². The number of carbonyl (C=O) groups excluding carboxylic acids is 4. The number of likely N-dealkylation sites (tertiary alicyclic amines) is 1. The molecule has 6 aliphatic rings. The van der Waals surface area contributed by atoms with Crippen molar-refractivity contribution in [3.05, 3.63) is 42.5 Å². The number of alkyl halides is 3. The number of ketones is 1. The van der Waals surface area contributed by atoms with Crippen LogP contribution < -0.4 is 19.5 Å². The summed E-state index contributed by atoms with van der Waals surface area (Å²) < 4.78 is 86.8. The zero-order chi connectivity index (χ0) is 46.7. The number of carbonyl (C=O) groups is 4. The van der Waals surface area contributed by atoms with E-state index in [4.69, 9.17) is 19.2 Å². The van der Waals surface area contributed by atoms with Crippen LogP contribution in [0.5, 0.6) is 11.6 Å². The van der Waals surface area contributed by atoms with Crippen LogP contribution in [0.1, 0.15) is 110 Å². The fourth-order valence-corrected chi connectivity index (χ4v) is 11.2. The van der Waals surface area contributed by atoms with Crippen LogP contribution in [0.2, 0.25) is 0 Å². The average molecular weight is 930 g/mol. The third kappa shape index (κ3) is 10.3. The summed E-state index contributed by atoms with van der Waals surface area (Å²) in [5, 5.41) is 3.54. The topological polar surface area (TPSA) is 174 Å². The van der Waals surface area contributed by atoms with E-state index in [1.165, 1.54) is 9.80 Å². The second-order valence-corrected chi connectivity index (χ2v) is 22.8. The SMILES string of the molecule is C=C[C@@H]1CC1(CC(=O)[C@@H]1C[C@@H]2CN1C(=O)[C@H](C(C)(C)C)NC(=O)O[C@@H]1C[C@H]1CCCCCc1c(nc3ccccc3c1OC1CCN(CC(F)(F)F)CC1)O2)C(=O)NS(=O)(=O)C1(C)CC1. The van der Waals surface area contributed by atoms with E-state index >= 15 is 0 Å². The lowest BCUT2D eigenvalue weighted by atomic mass is 9.85. The molecule has 14 nitrogen and oxygen atoms in total. The Hall–Kier alpha value is -4.45. The number of para-hydroxylation sites is 1. The lowest BCUT2D eigenvalue weighted by molar-refractivity contribution is -0.149. The number of allylic oxidation sites excluding steroid dienone is 1. The molecule has 356 valence electrons. The zero-order valence-electron chi connectivity index (χ0n) is 37.7. The van der Waals surface area contributed by atoms with Gasteiger partial charge in [-0.3, -0.25) is 24.0 Å². The van der Waals surface area contributed by atoms with Crippen molar-refractivity contribution < 1.29 is 55.0 Å². The molecule has 0 radical (unpaired) electrons. The molecular formula is C47H62F3N5O9S. The molecule has 5 fully saturated rings. The van der Waals surface area contributed by atoms with Gasteiger partial charge in [-0.1, -0.05) is 51.8 Å². The Morgan fingerprint density at radius 1 is 1.05 bits per heavy atom. The van der Waals surface area contributed by atoms with Gasteiger partial charge < -0.3 is 24.4 Å². The maximum atomic E-state index is 14.9. The Morgan fingerprint density at radius 2 is 1.77 bits per heavy atom. The molecule has 18 heteroatoms. The molecule has 2 bridgehead atoms. The minimum absolute atomic E-state index is 0.00423. The van der Waals surface area contributed by atoms with E-state index in [2.05, 4.69) is 16.6 Å². The van der Waals surface area contributed by atoms with Crippen LogP contribution >= 0.6 is 0 Å². The first kappa shape index (κ1) is 47.1. The van der Waals surface area contributed by atoms with Gasteiger partial charge in [-0.15, -0.1) is 6.58 Å². The second-order valence-electron chi connectivity index (χ2n) is 20.6. The largest absolute Gasteiger partial charge is 0.489 e. The van der Waals surface area contributed by atoms with E-state index in [9.17, 15) is 40.8 Å². The Morgan fingerprint density at radius 3 is 2.43 bits per heavy atom. The Balaban J connectivity index is 1.13. The molecule has 0 spiro atoms. The molecule has 4 heterocycles. The van der Waals surface area contributed by atoms with E-state index in [1.54, 1.807) is 33.8 Å². The highest BCUT2D eigenvalue weighted by Crippen LogP contribution is 2.57. The van der Waals surface area contributed by atoms with Gasteiger partial charge in [0.15, 0.2) is 5.78 Å². The highest BCUT2D eigenvalue weighted by molar-refractivity contribution is 7.91. The standard InChI is InChI=1S/C47H62F3N5O9S/c1-6-29-24-46(29,42(58)53-65(60,61)45(5)18-19-45)25-36(56)35-23-31-26-55(35)41(57)39(44(2,3)4)52-43(59)64-37-22-28(37)12-8-7-9-14-33-38(32-13-10-11-15-34(32)51-40(33)63-31)62-30-16-20-54(21-17-30)27-47(48,49)50/h6,10-11,13,15,28-31,35,37,39H,1,7-9,12,14,16-27H2,2-5H3,(H,52,59)(H,53,58)/t28-,29-,31-,35+,37-,39-,46?/m1/s1. The molecule has 8 rings (SSSR count). The fourth-order valence-electron chi connectivity index (χ4n) is 9.91. The number of alkyl carbamates (subject to hydrolysis) is 1. The molecule has 65 heavy (non-hydrogen) atoms. The van der Waals surface area contributed by atoms with Gasteiger partial charge in [0.1, 0.15) is 30.1 Å². The lowest BCUT2D eigenvalue weighted by Crippen LogP contribution is -2.57. The molecule has 3 saturated carbocycles. The van der Waals surface area contributed by atoms with Gasteiger partial charge in [0.05, 0.1) is 40.4 Å². The van der Waals surface area contributed by atoms with E-state index in [1.807, 2.05) is 24.3 Å². The summed E-state index contributed by atoms with van der Waals surface area (Å²) >= 11 is 0. The number of Topliss-reactive ketones (excluding diaryl/α,β-unsaturated/α-hetero) is 1. The smallest absolute Gasteiger partial charge is 0.408 e. The molecular weight excluding hydrogens is 868 g/mol. The highest BCUT2D eigenvalue weighted by atomic mass is 32.2. The van der Waals surface area contributed by atoms with Crippen LogP contribution in [0.15, 0.2) is 36.9 Å². The van der Waals surface area contributed by atoms with E-state index in [0.29, 0.717) is 55.4 Å². The number of ether oxygens (including phenoxy) is 3. The average Bonchev–Trinajstić information content (AvgIpc) is 4.19. The third-order valence-electron chi connectivity index (χ3n) is 14.5. The van der Waals surface area contributed by atoms with Crippen molar-refractivity contribution >= 4 is 44.6 Å². The number of fused-ring (bicyclic) bond motifs is 5. The Labute approximate surface area is 378 Å². The molecule has 3 aliphatic heterocycles. The molecule has 1 unspecified atom stereocenters. The summed E-state index contributed by atoms with van der Waals surface area (Å²) in [6.07, 6.45) is 1.01. The molecule has 7 atom stereocenters. The van der Waals surface area contributed by atoms with Gasteiger partial charge in [0.2, 0.25) is 27.7 Å². The fraction of sp³-hybridized carbons (Fsp3) is 0.681. The first-order chi connectivity index (χ1) is 30.6. The van der Waals surface area contributed by atoms with Crippen molar-refractivity contribution in [2.45, 2.75) is 152 Å². The number of halogens is 3. The molecule has 2 N–H and O–H groups in total. The van der Waals surface area contributed by atoms with Gasteiger partial charge in [-0.05, 0) is 94.1 Å². The predicted octanol–water partition coefficient (Wildman–Crippen LogP) is 6.78. The van der Waals surface area contributed by atoms with Gasteiger partial charge in [-0.2, -0.15) is 13.2 Å². The highest BCUT2D eigenvalue weighted by Gasteiger charge is 2.62. The molecule has 1 aromatic heterocycles. The number of rotatable bonds is 10. The Bertz CT molecular complexity index is 2310. The van der Waals surface area contributed by atoms with Crippen molar-refractivity contribution in [3.63, 3.8) is 0 Å². The number of pyridine rings is 1. The summed E-state index contributed by atoms with van der Waals surface area (Å²) in [4.78, 5) is 64.7. The van der Waals surface area contributed by atoms with Crippen LogP contribution in [0, 0.1) is 22.7 Å². The number of piperidine rings is 1. The predicted molar refractivity (Wildman–Crippen MR) is 234 cm³/mol. The first-order valence-electron chi connectivity index (χ1n) is 23.1. The number of nitrogens with zero attached hydrogens (tertiary/aromatic N) is 3. The Kier molecular flexibility index (Phi) is 12.8. The minimum atomic E-state index is -4.30. The summed E-state index contributed by atoms with van der Waals surface area (Å²) in [7, 11) is -4.02. The second kappa shape index (κ2) is 17.6. The quantitative estimate of drug-likeness (QED) is 0.241. The summed E-state index contributed by atoms with van der Waals surface area (Å²) in [6.45, 7) is 10.2. The molecule has 2 saturated heterocycles. The zero-order valence-corrected chi connectivity index (χ0v) is 38.5. The van der Waals surface area contributed by atoms with Crippen LogP contribution in [0.4, 0.5) is 18.0 Å². The van der Waals surface area contributed by atoms with Crippen molar-refractivity contribution in [1.29, 1.82) is 0 Å². The first-order valence-corrected chi connectivity index (χ1v) is 24.6. The maximum absolute atomic E-state index is 14.9. The summed E-state index contributed by atoms with van der Waals surface area (Å²) in [6, 6.07) is 5.18. The van der Waals surface area contributed by atoms with Gasteiger partial charge in [0, 0.05) is 31.3 Å². The van der Waals surface area contributed by atoms with Crippen molar-refractivity contribution in [1.82, 2.24) is 24.8 Å². The minimum Gasteiger partial charge on any atom is -0.489 e. The number of aromatic nitrogens is 1. The van der Waals surface area contributed by atoms with Crippen molar-refractivity contribution in [2.75, 3.05) is 26.2 Å². The van der Waals surface area contributed by atoms with Crippen LogP contribution in [0.25, 0.3) is 10.9 Å². The molecule has 1 aromatic carbocycles. The lowest BCUT2D eigenvalue weighted by Gasteiger charge is -2.35. The van der Waals surface area contributed by atoms with E-state index in [-0.39, 0.29) is 62.9 Å². The number of hydrogen-bond donors (Lipinski definition) is 2. The number of sulfonamides is 1. The van der Waals surface area contributed by atoms with Crippen LogP contribution in [0.3, 0.4) is 0 Å². The van der Waals surface area contributed by atoms with Gasteiger partial charge in [-0.25, -0.2) is 18.2 Å². The van der Waals surface area contributed by atoms with Crippen LogP contribution in [-0.4, -0.2) is 114 Å².